The molecule has 1 N–H and O–H groups in total. The van der Waals surface area contributed by atoms with Crippen LogP contribution >= 0.6 is 15.9 Å². The van der Waals surface area contributed by atoms with E-state index in [4.69, 9.17) is 4.74 Å². The second-order valence-corrected chi connectivity index (χ2v) is 7.13. The minimum absolute atomic E-state index is 0.413. The van der Waals surface area contributed by atoms with Crippen LogP contribution in [-0.4, -0.2) is 31.8 Å². The summed E-state index contributed by atoms with van der Waals surface area (Å²) >= 11 is 3.52. The fraction of sp³-hybridized carbons (Fsp3) is 0.412. The SMILES string of the molecule is CCOCc1nc2cnc3ccc(Br)cc3c2n1CC(C)(C)O. The van der Waals surface area contributed by atoms with Gasteiger partial charge in [0.25, 0.3) is 0 Å². The summed E-state index contributed by atoms with van der Waals surface area (Å²) in [5, 5.41) is 11.3. The van der Waals surface area contributed by atoms with Gasteiger partial charge in [0.05, 0.1) is 29.4 Å². The van der Waals surface area contributed by atoms with E-state index in [2.05, 4.69) is 25.9 Å². The number of hydrogen-bond donors (Lipinski definition) is 1. The van der Waals surface area contributed by atoms with E-state index in [1.807, 2.05) is 29.7 Å². The van der Waals surface area contributed by atoms with Gasteiger partial charge in [-0.05, 0) is 39.0 Å². The molecule has 3 aromatic rings. The number of ether oxygens (including phenoxy) is 1. The van der Waals surface area contributed by atoms with Crippen molar-refractivity contribution < 1.29 is 9.84 Å². The first-order valence-corrected chi connectivity index (χ1v) is 8.42. The van der Waals surface area contributed by atoms with Crippen molar-refractivity contribution in [3.05, 3.63) is 34.7 Å². The van der Waals surface area contributed by atoms with Crippen molar-refractivity contribution in [2.75, 3.05) is 6.61 Å². The molecule has 6 heteroatoms. The van der Waals surface area contributed by atoms with E-state index < -0.39 is 5.60 Å². The van der Waals surface area contributed by atoms with Crippen LogP contribution < -0.4 is 0 Å². The lowest BCUT2D eigenvalue weighted by Gasteiger charge is -2.20. The molecular weight excluding hydrogens is 358 g/mol. The highest BCUT2D eigenvalue weighted by molar-refractivity contribution is 9.10. The average Bonchev–Trinajstić information content (AvgIpc) is 2.81. The van der Waals surface area contributed by atoms with Gasteiger partial charge in [-0.25, -0.2) is 4.98 Å². The molecule has 23 heavy (non-hydrogen) atoms. The lowest BCUT2D eigenvalue weighted by molar-refractivity contribution is 0.0582. The summed E-state index contributed by atoms with van der Waals surface area (Å²) in [5.74, 6) is 0.804. The Hall–Kier alpha value is -1.50. The number of aliphatic hydroxyl groups is 1. The van der Waals surface area contributed by atoms with Crippen LogP contribution in [0.1, 0.15) is 26.6 Å². The van der Waals surface area contributed by atoms with Crippen molar-refractivity contribution in [1.29, 1.82) is 0 Å². The van der Waals surface area contributed by atoms with E-state index in [1.54, 1.807) is 20.0 Å². The number of pyridine rings is 1. The molecule has 2 aromatic heterocycles. The van der Waals surface area contributed by atoms with E-state index in [1.165, 1.54) is 0 Å². The smallest absolute Gasteiger partial charge is 0.136 e. The van der Waals surface area contributed by atoms with Gasteiger partial charge in [-0.3, -0.25) is 4.98 Å². The Balaban J connectivity index is 2.29. The van der Waals surface area contributed by atoms with Crippen LogP contribution in [0, 0.1) is 0 Å². The summed E-state index contributed by atoms with van der Waals surface area (Å²) in [6.07, 6.45) is 1.78. The Morgan fingerprint density at radius 1 is 1.30 bits per heavy atom. The van der Waals surface area contributed by atoms with E-state index in [0.29, 0.717) is 19.8 Å². The Bertz CT molecular complexity index is 852. The number of imidazole rings is 1. The molecular formula is C17H20BrN3O2. The zero-order chi connectivity index (χ0) is 16.6. The highest BCUT2D eigenvalue weighted by atomic mass is 79.9. The van der Waals surface area contributed by atoms with Crippen LogP contribution in [0.25, 0.3) is 21.9 Å². The average molecular weight is 378 g/mol. The van der Waals surface area contributed by atoms with Crippen LogP contribution in [0.5, 0.6) is 0 Å². The van der Waals surface area contributed by atoms with Crippen molar-refractivity contribution in [3.63, 3.8) is 0 Å². The maximum Gasteiger partial charge on any atom is 0.136 e. The first-order chi connectivity index (χ1) is 10.9. The minimum Gasteiger partial charge on any atom is -0.389 e. The van der Waals surface area contributed by atoms with Gasteiger partial charge in [0, 0.05) is 16.5 Å². The van der Waals surface area contributed by atoms with Gasteiger partial charge < -0.3 is 14.4 Å². The summed E-state index contributed by atoms with van der Waals surface area (Å²) in [6.45, 7) is 7.02. The Labute approximate surface area is 143 Å². The summed E-state index contributed by atoms with van der Waals surface area (Å²) < 4.78 is 8.58. The molecule has 0 saturated carbocycles. The van der Waals surface area contributed by atoms with Crippen LogP contribution in [0.2, 0.25) is 0 Å². The first kappa shape index (κ1) is 16.4. The lowest BCUT2D eigenvalue weighted by atomic mass is 10.1. The molecule has 122 valence electrons. The molecule has 0 bridgehead atoms. The van der Waals surface area contributed by atoms with E-state index >= 15 is 0 Å². The van der Waals surface area contributed by atoms with Gasteiger partial charge in [-0.1, -0.05) is 15.9 Å². The standard InChI is InChI=1S/C17H20BrN3O2/c1-4-23-9-15-20-14-8-19-13-6-5-11(18)7-12(13)16(14)21(15)10-17(2,3)22/h5-8,22H,4,9-10H2,1-3H3. The van der Waals surface area contributed by atoms with Gasteiger partial charge in [-0.2, -0.15) is 0 Å². The number of nitrogens with zero attached hydrogens (tertiary/aromatic N) is 3. The molecule has 2 heterocycles. The van der Waals surface area contributed by atoms with Crippen LogP contribution in [0.15, 0.2) is 28.9 Å². The van der Waals surface area contributed by atoms with Gasteiger partial charge in [0.2, 0.25) is 0 Å². The summed E-state index contributed by atoms with van der Waals surface area (Å²) in [4.78, 5) is 9.14. The molecule has 0 aliphatic heterocycles. The quantitative estimate of drug-likeness (QED) is 0.736. The van der Waals surface area contributed by atoms with Gasteiger partial charge in [0.15, 0.2) is 0 Å². The molecule has 0 radical (unpaired) electrons. The Morgan fingerprint density at radius 2 is 2.09 bits per heavy atom. The molecule has 0 unspecified atom stereocenters. The van der Waals surface area contributed by atoms with Crippen LogP contribution in [-0.2, 0) is 17.9 Å². The van der Waals surface area contributed by atoms with Gasteiger partial charge >= 0.3 is 0 Å². The third kappa shape index (κ3) is 3.39. The van der Waals surface area contributed by atoms with Crippen molar-refractivity contribution in [2.24, 2.45) is 0 Å². The minimum atomic E-state index is -0.851. The van der Waals surface area contributed by atoms with E-state index in [0.717, 1.165) is 32.2 Å². The Morgan fingerprint density at radius 3 is 2.78 bits per heavy atom. The summed E-state index contributed by atoms with van der Waals surface area (Å²) in [6, 6.07) is 5.99. The molecule has 3 rings (SSSR count). The maximum absolute atomic E-state index is 10.3. The van der Waals surface area contributed by atoms with Gasteiger partial charge in [0.1, 0.15) is 17.9 Å². The number of benzene rings is 1. The highest BCUT2D eigenvalue weighted by Gasteiger charge is 2.21. The van der Waals surface area contributed by atoms with Crippen molar-refractivity contribution in [3.8, 4) is 0 Å². The molecule has 0 atom stereocenters. The second-order valence-electron chi connectivity index (χ2n) is 6.22. The predicted molar refractivity (Wildman–Crippen MR) is 94.4 cm³/mol. The fourth-order valence-corrected chi connectivity index (χ4v) is 3.06. The van der Waals surface area contributed by atoms with Crippen molar-refractivity contribution in [2.45, 2.75) is 39.5 Å². The molecule has 0 amide bonds. The molecule has 0 saturated heterocycles. The number of rotatable bonds is 5. The number of hydrogen-bond acceptors (Lipinski definition) is 4. The van der Waals surface area contributed by atoms with Crippen molar-refractivity contribution in [1.82, 2.24) is 14.5 Å². The van der Waals surface area contributed by atoms with Crippen LogP contribution in [0.3, 0.4) is 0 Å². The molecule has 0 spiro atoms. The zero-order valence-corrected chi connectivity index (χ0v) is 15.1. The van der Waals surface area contributed by atoms with Crippen molar-refractivity contribution >= 4 is 37.9 Å². The maximum atomic E-state index is 10.3. The number of aromatic nitrogens is 3. The normalized spacial score (nSPS) is 12.4. The number of halogens is 1. The molecule has 0 aliphatic rings. The summed E-state index contributed by atoms with van der Waals surface area (Å²) in [5.41, 5.74) is 1.85. The zero-order valence-electron chi connectivity index (χ0n) is 13.5. The first-order valence-electron chi connectivity index (χ1n) is 7.62. The monoisotopic (exact) mass is 377 g/mol. The largest absolute Gasteiger partial charge is 0.389 e. The van der Waals surface area contributed by atoms with E-state index in [-0.39, 0.29) is 0 Å². The second kappa shape index (κ2) is 6.19. The topological polar surface area (TPSA) is 60.2 Å². The molecule has 0 aliphatic carbocycles. The molecule has 0 fully saturated rings. The fourth-order valence-electron chi connectivity index (χ4n) is 2.70. The summed E-state index contributed by atoms with van der Waals surface area (Å²) in [7, 11) is 0. The lowest BCUT2D eigenvalue weighted by Crippen LogP contribution is -2.27. The third-order valence-corrected chi connectivity index (χ3v) is 4.09. The molecule has 5 nitrogen and oxygen atoms in total. The predicted octanol–water partition coefficient (Wildman–Crippen LogP) is 3.65. The third-order valence-electron chi connectivity index (χ3n) is 3.59. The van der Waals surface area contributed by atoms with Gasteiger partial charge in [-0.15, -0.1) is 0 Å². The molecule has 1 aromatic carbocycles. The highest BCUT2D eigenvalue weighted by Crippen LogP contribution is 2.28. The number of fused-ring (bicyclic) bond motifs is 3. The van der Waals surface area contributed by atoms with E-state index in [9.17, 15) is 5.11 Å². The van der Waals surface area contributed by atoms with Crippen LogP contribution in [0.4, 0.5) is 0 Å². The Kier molecular flexibility index (Phi) is 4.40.